The second kappa shape index (κ2) is 3.82. The van der Waals surface area contributed by atoms with Gasteiger partial charge >= 0.3 is 110 Å². The predicted octanol–water partition coefficient (Wildman–Crippen LogP) is 3.42. The molecule has 0 aliphatic heterocycles. The van der Waals surface area contributed by atoms with E-state index >= 15 is 0 Å². The van der Waals surface area contributed by atoms with Gasteiger partial charge in [0.25, 0.3) is 0 Å². The average molecular weight is 246 g/mol. The summed E-state index contributed by atoms with van der Waals surface area (Å²) in [7, 11) is 0. The fourth-order valence-electron chi connectivity index (χ4n) is 2.45. The summed E-state index contributed by atoms with van der Waals surface area (Å²) in [5, 5.41) is 2.17. The Morgan fingerprint density at radius 2 is 2.11 bits per heavy atom. The van der Waals surface area contributed by atoms with Crippen LogP contribution in [0.2, 0.25) is 0 Å². The maximum absolute atomic E-state index is 5.96. The van der Waals surface area contributed by atoms with Crippen LogP contribution in [0.1, 0.15) is 5.69 Å². The summed E-state index contributed by atoms with van der Waals surface area (Å²) in [5.41, 5.74) is 3.59. The zero-order valence-electron chi connectivity index (χ0n) is 10.5. The third kappa shape index (κ3) is 1.53. The second-order valence-electron chi connectivity index (χ2n) is 4.65. The molecule has 0 N–H and O–H groups in total. The molecular weight excluding hydrogens is 235 g/mol. The summed E-state index contributed by atoms with van der Waals surface area (Å²) in [5.74, 6) is 2.00. The third-order valence-electron chi connectivity index (χ3n) is 3.37. The van der Waals surface area contributed by atoms with Gasteiger partial charge in [-0.15, -0.1) is 0 Å². The summed E-state index contributed by atoms with van der Waals surface area (Å²) < 4.78 is 8.01. The molecule has 0 aliphatic rings. The van der Waals surface area contributed by atoms with E-state index in [0.29, 0.717) is 5.71 Å². The number of aromatic nitrogens is 2. The van der Waals surface area contributed by atoms with Crippen molar-refractivity contribution in [2.45, 2.75) is 6.92 Å². The number of rotatable bonds is 1. The molecule has 90 valence electrons. The molecule has 4 aromatic rings. The van der Waals surface area contributed by atoms with E-state index in [0.717, 1.165) is 27.7 Å². The van der Waals surface area contributed by atoms with Crippen molar-refractivity contribution in [3.05, 3.63) is 54.3 Å². The zero-order valence-corrected chi connectivity index (χ0v) is 10.5. The van der Waals surface area contributed by atoms with E-state index in [1.165, 1.54) is 0 Å². The van der Waals surface area contributed by atoms with Crippen LogP contribution in [0.15, 0.2) is 53.0 Å². The first-order valence-electron chi connectivity index (χ1n) is 6.25. The Morgan fingerprint density at radius 3 is 2.95 bits per heavy atom. The standard InChI is InChI=1S/C15H11BN2O/c1-10-5-6-12-11-3-2-4-13(18-8-7-16-9-18)14(11)19-15(12)17-10/h2-9H,1H3. The predicted molar refractivity (Wildman–Crippen MR) is 76.9 cm³/mol. The second-order valence-corrected chi connectivity index (χ2v) is 4.65. The summed E-state index contributed by atoms with van der Waals surface area (Å²) in [4.78, 5) is 4.46. The van der Waals surface area contributed by atoms with Gasteiger partial charge in [0.2, 0.25) is 0 Å². The molecule has 0 aliphatic carbocycles. The monoisotopic (exact) mass is 246 g/mol. The van der Waals surface area contributed by atoms with Gasteiger partial charge in [-0.05, 0) is 0 Å². The van der Waals surface area contributed by atoms with Crippen molar-refractivity contribution in [2.75, 3.05) is 0 Å². The summed E-state index contributed by atoms with van der Waals surface area (Å²) in [6.07, 6.45) is 4.03. The van der Waals surface area contributed by atoms with Crippen LogP contribution in [0.4, 0.5) is 0 Å². The molecule has 3 heterocycles. The Labute approximate surface area is 110 Å². The van der Waals surface area contributed by atoms with Gasteiger partial charge in [0.1, 0.15) is 0 Å². The number of fused-ring (bicyclic) bond motifs is 3. The fourth-order valence-corrected chi connectivity index (χ4v) is 2.45. The third-order valence-corrected chi connectivity index (χ3v) is 3.37. The van der Waals surface area contributed by atoms with Crippen LogP contribution in [0.5, 0.6) is 0 Å². The van der Waals surface area contributed by atoms with Crippen molar-refractivity contribution < 1.29 is 4.42 Å². The molecule has 0 atom stereocenters. The van der Waals surface area contributed by atoms with Crippen molar-refractivity contribution >= 4 is 29.0 Å². The van der Waals surface area contributed by atoms with Gasteiger partial charge in [-0.1, -0.05) is 0 Å². The molecule has 3 nitrogen and oxygen atoms in total. The van der Waals surface area contributed by atoms with E-state index in [4.69, 9.17) is 4.42 Å². The van der Waals surface area contributed by atoms with Crippen LogP contribution in [0.3, 0.4) is 0 Å². The summed E-state index contributed by atoms with van der Waals surface area (Å²) in [6.45, 7) is 3.98. The van der Waals surface area contributed by atoms with E-state index in [-0.39, 0.29) is 0 Å². The Bertz CT molecular complexity index is 878. The van der Waals surface area contributed by atoms with E-state index in [1.807, 2.05) is 44.2 Å². The van der Waals surface area contributed by atoms with E-state index in [1.54, 1.807) is 0 Å². The van der Waals surface area contributed by atoms with Gasteiger partial charge in [0.05, 0.1) is 0 Å². The molecule has 3 aromatic heterocycles. The SMILES string of the molecule is Cc1ccc2c(n1)oc1c(-n3cbcc3)cccc12. The van der Waals surface area contributed by atoms with Gasteiger partial charge in [-0.3, -0.25) is 0 Å². The van der Waals surface area contributed by atoms with Crippen LogP contribution in [0, 0.1) is 6.92 Å². The van der Waals surface area contributed by atoms with E-state index in [9.17, 15) is 0 Å². The number of furan rings is 1. The molecular formula is C15H11BN2O. The van der Waals surface area contributed by atoms with Crippen LogP contribution >= 0.6 is 0 Å². The number of para-hydroxylation sites is 1. The van der Waals surface area contributed by atoms with Crippen molar-refractivity contribution in [1.29, 1.82) is 0 Å². The van der Waals surface area contributed by atoms with Crippen molar-refractivity contribution in [2.24, 2.45) is 0 Å². The Balaban J connectivity index is 2.14. The van der Waals surface area contributed by atoms with Crippen molar-refractivity contribution in [1.82, 2.24) is 9.55 Å². The average Bonchev–Trinajstić information content (AvgIpc) is 3.04. The zero-order chi connectivity index (χ0) is 12.8. The molecule has 0 saturated carbocycles. The van der Waals surface area contributed by atoms with Crippen LogP contribution in [-0.2, 0) is 0 Å². The number of aryl methyl sites for hydroxylation is 1. The fraction of sp³-hybridized carbons (Fsp3) is 0.0667. The number of nitrogens with zero attached hydrogens (tertiary/aromatic N) is 2. The van der Waals surface area contributed by atoms with E-state index < -0.39 is 0 Å². The van der Waals surface area contributed by atoms with Crippen LogP contribution < -0.4 is 0 Å². The van der Waals surface area contributed by atoms with Gasteiger partial charge in [-0.2, -0.15) is 0 Å². The van der Waals surface area contributed by atoms with Crippen molar-refractivity contribution in [3.63, 3.8) is 0 Å². The molecule has 4 heteroatoms. The number of benzene rings is 1. The molecule has 19 heavy (non-hydrogen) atoms. The molecule has 0 radical (unpaired) electrons. The normalized spacial score (nSPS) is 11.2. The van der Waals surface area contributed by atoms with Crippen molar-refractivity contribution in [3.8, 4) is 5.69 Å². The van der Waals surface area contributed by atoms with Gasteiger partial charge < -0.3 is 0 Å². The minimum absolute atomic E-state index is 0.703. The molecule has 4 rings (SSSR count). The van der Waals surface area contributed by atoms with Crippen LogP contribution in [0.25, 0.3) is 27.8 Å². The number of hydrogen-bond donors (Lipinski definition) is 0. The van der Waals surface area contributed by atoms with Crippen LogP contribution in [-0.4, -0.2) is 16.5 Å². The number of pyridine rings is 1. The molecule has 1 aromatic carbocycles. The Kier molecular flexibility index (Phi) is 2.12. The first-order valence-corrected chi connectivity index (χ1v) is 6.25. The topological polar surface area (TPSA) is 31.0 Å². The molecule has 0 saturated heterocycles. The first-order chi connectivity index (χ1) is 9.33. The maximum atomic E-state index is 5.96. The summed E-state index contributed by atoms with van der Waals surface area (Å²) >= 11 is 0. The molecule has 0 spiro atoms. The number of hydrogen-bond acceptors (Lipinski definition) is 2. The Hall–Kier alpha value is -2.36. The van der Waals surface area contributed by atoms with Gasteiger partial charge in [0, 0.05) is 0 Å². The van der Waals surface area contributed by atoms with Gasteiger partial charge in [0.15, 0.2) is 0 Å². The minimum atomic E-state index is 0.703. The van der Waals surface area contributed by atoms with E-state index in [2.05, 4.69) is 27.8 Å². The molecule has 0 unspecified atom stereocenters. The van der Waals surface area contributed by atoms with Gasteiger partial charge in [-0.25, -0.2) is 0 Å². The first kappa shape index (κ1) is 10.6. The quantitative estimate of drug-likeness (QED) is 0.515. The summed E-state index contributed by atoms with van der Waals surface area (Å²) in [6, 6.07) is 10.3. The molecule has 0 bridgehead atoms. The Morgan fingerprint density at radius 1 is 1.16 bits per heavy atom. The molecule has 0 amide bonds. The molecule has 0 fully saturated rings.